The Hall–Kier alpha value is -5.53. The molecule has 4 N–H and O–H groups in total. The molecule has 5 aromatic rings. The topological polar surface area (TPSA) is 178 Å². The van der Waals surface area contributed by atoms with E-state index >= 15 is 0 Å². The van der Waals surface area contributed by atoms with E-state index in [1.54, 1.807) is 13.2 Å². The lowest BCUT2D eigenvalue weighted by atomic mass is 10.1. The van der Waals surface area contributed by atoms with Crippen LogP contribution < -0.4 is 26.0 Å². The summed E-state index contributed by atoms with van der Waals surface area (Å²) in [5.74, 6) is 2.31. The molecule has 14 heteroatoms. The molecule has 234 valence electrons. The molecule has 0 bridgehead atoms. The Morgan fingerprint density at radius 2 is 1.36 bits per heavy atom. The Bertz CT molecular complexity index is 1660. The Labute approximate surface area is 260 Å². The van der Waals surface area contributed by atoms with Crippen molar-refractivity contribution in [3.63, 3.8) is 0 Å². The molecule has 0 atom stereocenters. The quantitative estimate of drug-likeness (QED) is 0.0540. The number of nitrogens with one attached hydrogen (secondary N) is 4. The van der Waals surface area contributed by atoms with E-state index in [0.717, 1.165) is 43.4 Å². The molecule has 2 heterocycles. The van der Waals surface area contributed by atoms with E-state index in [1.165, 1.54) is 11.6 Å². The van der Waals surface area contributed by atoms with Crippen LogP contribution in [-0.2, 0) is 13.0 Å². The molecular weight excluding hydrogens is 576 g/mol. The number of nitro benzene ring substituents is 1. The number of anilines is 4. The van der Waals surface area contributed by atoms with Gasteiger partial charge in [-0.15, -0.1) is 0 Å². The lowest BCUT2D eigenvalue weighted by Crippen LogP contribution is -2.14. The van der Waals surface area contributed by atoms with Crippen LogP contribution in [0.25, 0.3) is 11.0 Å². The summed E-state index contributed by atoms with van der Waals surface area (Å²) in [5, 5.41) is 31.9. The van der Waals surface area contributed by atoms with Crippen LogP contribution in [-0.4, -0.2) is 56.9 Å². The van der Waals surface area contributed by atoms with Crippen molar-refractivity contribution in [2.45, 2.75) is 38.6 Å². The van der Waals surface area contributed by atoms with Gasteiger partial charge in [-0.05, 0) is 58.9 Å². The van der Waals surface area contributed by atoms with Crippen LogP contribution in [0.2, 0.25) is 0 Å². The first kappa shape index (κ1) is 30.9. The van der Waals surface area contributed by atoms with E-state index in [9.17, 15) is 10.1 Å². The second-order valence-electron chi connectivity index (χ2n) is 10.3. The maximum atomic E-state index is 11.2. The maximum absolute atomic E-state index is 11.2. The van der Waals surface area contributed by atoms with Crippen LogP contribution >= 0.6 is 0 Å². The molecule has 0 amide bonds. The zero-order chi connectivity index (χ0) is 31.3. The van der Waals surface area contributed by atoms with Gasteiger partial charge in [-0.3, -0.25) is 10.1 Å². The van der Waals surface area contributed by atoms with Crippen molar-refractivity contribution < 1.29 is 14.3 Å². The van der Waals surface area contributed by atoms with E-state index in [1.807, 2.05) is 42.5 Å². The third kappa shape index (κ3) is 8.98. The normalized spacial score (nSPS) is 10.9. The second-order valence-corrected chi connectivity index (χ2v) is 10.3. The zero-order valence-electron chi connectivity index (χ0n) is 25.0. The van der Waals surface area contributed by atoms with Gasteiger partial charge in [-0.1, -0.05) is 55.3 Å². The number of methoxy groups -OCH3 is 1. The summed E-state index contributed by atoms with van der Waals surface area (Å²) in [6.45, 7) is 2.66. The SMILES string of the molecule is COc1ccc(CNc2nc(NCCCCCCNc3ccc([N+](=O)[O-])c4nonc34)nc(NCCc3ccccc3)n2)cc1. The van der Waals surface area contributed by atoms with Gasteiger partial charge in [0.15, 0.2) is 5.52 Å². The molecule has 2 aromatic heterocycles. The molecule has 3 aromatic carbocycles. The van der Waals surface area contributed by atoms with Gasteiger partial charge in [0.1, 0.15) is 5.75 Å². The number of nitrogens with zero attached hydrogens (tertiary/aromatic N) is 6. The minimum atomic E-state index is -0.495. The van der Waals surface area contributed by atoms with Gasteiger partial charge in [0.2, 0.25) is 23.4 Å². The highest BCUT2D eigenvalue weighted by Crippen LogP contribution is 2.28. The summed E-state index contributed by atoms with van der Waals surface area (Å²) in [6, 6.07) is 21.2. The van der Waals surface area contributed by atoms with Crippen LogP contribution in [0.5, 0.6) is 5.75 Å². The van der Waals surface area contributed by atoms with Gasteiger partial charge in [0, 0.05) is 32.2 Å². The number of non-ortho nitro benzene ring substituents is 1. The zero-order valence-corrected chi connectivity index (χ0v) is 25.0. The fourth-order valence-corrected chi connectivity index (χ4v) is 4.67. The van der Waals surface area contributed by atoms with Crippen LogP contribution in [0.3, 0.4) is 0 Å². The molecule has 0 spiro atoms. The molecule has 5 rings (SSSR count). The number of hydrogen-bond acceptors (Lipinski definition) is 13. The van der Waals surface area contributed by atoms with Crippen LogP contribution in [0.15, 0.2) is 71.4 Å². The van der Waals surface area contributed by atoms with Gasteiger partial charge in [0.05, 0.1) is 17.7 Å². The monoisotopic (exact) mass is 612 g/mol. The molecule has 0 fully saturated rings. The molecular formula is C31H36N10O4. The van der Waals surface area contributed by atoms with Gasteiger partial charge in [-0.25, -0.2) is 4.63 Å². The van der Waals surface area contributed by atoms with Crippen molar-refractivity contribution >= 4 is 40.3 Å². The average molecular weight is 613 g/mol. The molecule has 0 aliphatic carbocycles. The fourth-order valence-electron chi connectivity index (χ4n) is 4.67. The Morgan fingerprint density at radius 1 is 0.711 bits per heavy atom. The number of ether oxygens (including phenoxy) is 1. The van der Waals surface area contributed by atoms with Gasteiger partial charge >= 0.3 is 5.69 Å². The molecule has 0 saturated carbocycles. The molecule has 0 aliphatic heterocycles. The van der Waals surface area contributed by atoms with Crippen molar-refractivity contribution in [3.8, 4) is 5.75 Å². The third-order valence-corrected chi connectivity index (χ3v) is 7.08. The Morgan fingerprint density at radius 3 is 2.04 bits per heavy atom. The van der Waals surface area contributed by atoms with Crippen molar-refractivity contribution in [3.05, 3.63) is 88.0 Å². The highest BCUT2D eigenvalue weighted by Gasteiger charge is 2.19. The smallest absolute Gasteiger partial charge is 0.300 e. The fraction of sp³-hybridized carbons (Fsp3) is 0.323. The summed E-state index contributed by atoms with van der Waals surface area (Å²) in [4.78, 5) is 24.4. The predicted octanol–water partition coefficient (Wildman–Crippen LogP) is 5.68. The number of unbranched alkanes of at least 4 members (excludes halogenated alkanes) is 3. The van der Waals surface area contributed by atoms with Crippen LogP contribution in [0.4, 0.5) is 29.2 Å². The van der Waals surface area contributed by atoms with Crippen molar-refractivity contribution in [1.29, 1.82) is 0 Å². The first-order valence-electron chi connectivity index (χ1n) is 14.9. The highest BCUT2D eigenvalue weighted by atomic mass is 16.6. The number of rotatable bonds is 18. The second kappa shape index (κ2) is 15.8. The van der Waals surface area contributed by atoms with E-state index in [-0.39, 0.29) is 11.2 Å². The summed E-state index contributed by atoms with van der Waals surface area (Å²) >= 11 is 0. The molecule has 0 radical (unpaired) electrons. The summed E-state index contributed by atoms with van der Waals surface area (Å²) < 4.78 is 9.97. The third-order valence-electron chi connectivity index (χ3n) is 7.08. The van der Waals surface area contributed by atoms with Crippen LogP contribution in [0.1, 0.15) is 36.8 Å². The van der Waals surface area contributed by atoms with Gasteiger partial charge < -0.3 is 26.0 Å². The molecule has 0 aliphatic rings. The van der Waals surface area contributed by atoms with E-state index < -0.39 is 4.92 Å². The number of fused-ring (bicyclic) bond motifs is 1. The number of aromatic nitrogens is 5. The molecule has 45 heavy (non-hydrogen) atoms. The van der Waals surface area contributed by atoms with Gasteiger partial charge in [-0.2, -0.15) is 15.0 Å². The minimum Gasteiger partial charge on any atom is -0.497 e. The predicted molar refractivity (Wildman–Crippen MR) is 173 cm³/mol. The lowest BCUT2D eigenvalue weighted by Gasteiger charge is -2.12. The van der Waals surface area contributed by atoms with Crippen molar-refractivity contribution in [2.24, 2.45) is 0 Å². The Balaban J connectivity index is 1.08. The standard InChI is InChI=1S/C31H36N10O4/c1-44-24-13-11-23(12-14-24)21-35-31-37-29(36-30(38-31)34-20-17-22-9-5-4-6-10-22)33-19-8-3-2-7-18-32-25-15-16-26(41(42)43)28-27(25)39-45-40-28/h4-6,9-16,32H,2-3,7-8,17-21H2,1H3,(H3,33,34,35,36,37,38). The minimum absolute atomic E-state index is 0.127. The first-order chi connectivity index (χ1) is 22.1. The summed E-state index contributed by atoms with van der Waals surface area (Å²) in [7, 11) is 1.65. The summed E-state index contributed by atoms with van der Waals surface area (Å²) in [6.07, 6.45) is 4.71. The van der Waals surface area contributed by atoms with Crippen LogP contribution in [0, 0.1) is 10.1 Å². The Kier molecular flexibility index (Phi) is 10.9. The lowest BCUT2D eigenvalue weighted by molar-refractivity contribution is -0.383. The van der Waals surface area contributed by atoms with Crippen molar-refractivity contribution in [1.82, 2.24) is 25.3 Å². The average Bonchev–Trinajstić information content (AvgIpc) is 3.56. The van der Waals surface area contributed by atoms with E-state index in [2.05, 4.69) is 58.7 Å². The van der Waals surface area contributed by atoms with Crippen molar-refractivity contribution in [2.75, 3.05) is 48.0 Å². The van der Waals surface area contributed by atoms with E-state index in [4.69, 9.17) is 9.37 Å². The molecule has 14 nitrogen and oxygen atoms in total. The van der Waals surface area contributed by atoms with E-state index in [0.29, 0.717) is 55.2 Å². The number of hydrogen-bond donors (Lipinski definition) is 4. The molecule has 0 unspecified atom stereocenters. The maximum Gasteiger partial charge on any atom is 0.300 e. The van der Waals surface area contributed by atoms with Gasteiger partial charge in [0.25, 0.3) is 0 Å². The summed E-state index contributed by atoms with van der Waals surface area (Å²) in [5.41, 5.74) is 3.35. The molecule has 0 saturated heterocycles. The first-order valence-corrected chi connectivity index (χ1v) is 14.9. The largest absolute Gasteiger partial charge is 0.497 e. The highest BCUT2D eigenvalue weighted by molar-refractivity contribution is 5.93. The number of nitro groups is 1. The number of benzene rings is 3.